The number of carbonyl (C=O) groups excluding carboxylic acids is 1. The molecule has 0 aromatic rings. The van der Waals surface area contributed by atoms with Crippen molar-refractivity contribution in [3.05, 3.63) is 0 Å². The van der Waals surface area contributed by atoms with Crippen LogP contribution in [0, 0.1) is 11.8 Å². The number of rotatable bonds is 5. The fourth-order valence-electron chi connectivity index (χ4n) is 2.56. The van der Waals surface area contributed by atoms with Crippen molar-refractivity contribution in [1.82, 2.24) is 5.32 Å². The molecule has 1 fully saturated rings. The van der Waals surface area contributed by atoms with Gasteiger partial charge in [-0.15, -0.1) is 0 Å². The van der Waals surface area contributed by atoms with Gasteiger partial charge in [-0.1, -0.05) is 32.1 Å². The van der Waals surface area contributed by atoms with Gasteiger partial charge in [0.05, 0.1) is 6.42 Å². The number of nitrogens with one attached hydrogen (secondary N) is 1. The highest BCUT2D eigenvalue weighted by Crippen LogP contribution is 2.31. The van der Waals surface area contributed by atoms with Crippen molar-refractivity contribution in [3.8, 4) is 0 Å². The van der Waals surface area contributed by atoms with Crippen LogP contribution < -0.4 is 5.32 Å². The third kappa shape index (κ3) is 5.48. The molecule has 0 aromatic carbocycles. The summed E-state index contributed by atoms with van der Waals surface area (Å²) in [6, 6.07) is 0. The summed E-state index contributed by atoms with van der Waals surface area (Å²) >= 11 is 0. The first kappa shape index (κ1) is 15.8. The smallest absolute Gasteiger partial charge is 0.471 e. The molecular weight excluding hydrogens is 263 g/mol. The van der Waals surface area contributed by atoms with Crippen molar-refractivity contribution in [2.24, 2.45) is 11.8 Å². The molecule has 1 aliphatic rings. The van der Waals surface area contributed by atoms with Crippen LogP contribution in [-0.2, 0) is 9.59 Å². The minimum Gasteiger partial charge on any atom is -0.481 e. The summed E-state index contributed by atoms with van der Waals surface area (Å²) in [6.07, 6.45) is -0.476. The first-order chi connectivity index (χ1) is 8.80. The Hall–Kier alpha value is -1.27. The third-order valence-corrected chi connectivity index (χ3v) is 3.54. The number of hydrogen-bond donors (Lipinski definition) is 2. The van der Waals surface area contributed by atoms with Gasteiger partial charge in [-0.3, -0.25) is 9.59 Å². The predicted molar refractivity (Wildman–Crippen MR) is 61.4 cm³/mol. The maximum atomic E-state index is 12.1. The number of hydrogen-bond acceptors (Lipinski definition) is 2. The van der Waals surface area contributed by atoms with Crippen LogP contribution in [0.2, 0.25) is 0 Å². The maximum Gasteiger partial charge on any atom is 0.471 e. The zero-order chi connectivity index (χ0) is 14.5. The first-order valence-electron chi connectivity index (χ1n) is 6.37. The molecule has 1 amide bonds. The number of carboxylic acid groups (broad SMARTS) is 1. The molecule has 2 N–H and O–H groups in total. The standard InChI is InChI=1S/C12H18F3NO3/c13-12(14,15)11(19)16-7-9(6-10(17)18)8-4-2-1-3-5-8/h8-9H,1-7H2,(H,16,19)(H,17,18). The average molecular weight is 281 g/mol. The largest absolute Gasteiger partial charge is 0.481 e. The maximum absolute atomic E-state index is 12.1. The summed E-state index contributed by atoms with van der Waals surface area (Å²) in [6.45, 7) is -0.227. The monoisotopic (exact) mass is 281 g/mol. The van der Waals surface area contributed by atoms with Crippen LogP contribution in [0.3, 0.4) is 0 Å². The fraction of sp³-hybridized carbons (Fsp3) is 0.833. The molecule has 1 aliphatic carbocycles. The van der Waals surface area contributed by atoms with E-state index in [4.69, 9.17) is 5.11 Å². The second-order valence-corrected chi connectivity index (χ2v) is 4.96. The lowest BCUT2D eigenvalue weighted by Crippen LogP contribution is -2.41. The van der Waals surface area contributed by atoms with Crippen molar-refractivity contribution in [2.75, 3.05) is 6.54 Å². The number of halogens is 3. The van der Waals surface area contributed by atoms with E-state index in [0.29, 0.717) is 0 Å². The van der Waals surface area contributed by atoms with Crippen LogP contribution in [0.25, 0.3) is 0 Å². The van der Waals surface area contributed by atoms with E-state index in [0.717, 1.165) is 32.1 Å². The summed E-state index contributed by atoms with van der Waals surface area (Å²) in [7, 11) is 0. The van der Waals surface area contributed by atoms with Gasteiger partial charge in [-0.05, 0) is 11.8 Å². The van der Waals surface area contributed by atoms with E-state index in [1.165, 1.54) is 0 Å². The summed E-state index contributed by atoms with van der Waals surface area (Å²) < 4.78 is 36.2. The average Bonchev–Trinajstić information content (AvgIpc) is 2.33. The Bertz CT molecular complexity index is 325. The van der Waals surface area contributed by atoms with Gasteiger partial charge < -0.3 is 10.4 Å². The van der Waals surface area contributed by atoms with Gasteiger partial charge in [0, 0.05) is 6.54 Å². The topological polar surface area (TPSA) is 66.4 Å². The molecular formula is C12H18F3NO3. The lowest BCUT2D eigenvalue weighted by molar-refractivity contribution is -0.174. The second-order valence-electron chi connectivity index (χ2n) is 4.96. The van der Waals surface area contributed by atoms with Gasteiger partial charge in [0.1, 0.15) is 0 Å². The van der Waals surface area contributed by atoms with Crippen LogP contribution in [0.15, 0.2) is 0 Å². The van der Waals surface area contributed by atoms with Crippen LogP contribution in [0.4, 0.5) is 13.2 Å². The van der Waals surface area contributed by atoms with E-state index < -0.39 is 24.0 Å². The number of aliphatic carboxylic acids is 1. The van der Waals surface area contributed by atoms with Crippen molar-refractivity contribution in [3.63, 3.8) is 0 Å². The van der Waals surface area contributed by atoms with Gasteiger partial charge >= 0.3 is 18.1 Å². The minimum atomic E-state index is -4.92. The highest BCUT2D eigenvalue weighted by Gasteiger charge is 2.39. The van der Waals surface area contributed by atoms with E-state index in [1.807, 2.05) is 0 Å². The molecule has 0 aliphatic heterocycles. The molecule has 1 unspecified atom stereocenters. The van der Waals surface area contributed by atoms with Gasteiger partial charge in [0.15, 0.2) is 0 Å². The van der Waals surface area contributed by atoms with Crippen LogP contribution in [-0.4, -0.2) is 29.7 Å². The molecule has 0 aromatic heterocycles. The lowest BCUT2D eigenvalue weighted by atomic mass is 9.78. The molecule has 1 rings (SSSR count). The molecule has 4 nitrogen and oxygen atoms in total. The number of alkyl halides is 3. The van der Waals surface area contributed by atoms with E-state index in [2.05, 4.69) is 0 Å². The molecule has 0 heterocycles. The molecule has 19 heavy (non-hydrogen) atoms. The Morgan fingerprint density at radius 3 is 2.26 bits per heavy atom. The SMILES string of the molecule is O=C(O)CC(CNC(=O)C(F)(F)F)C1CCCCC1. The Morgan fingerprint density at radius 1 is 1.21 bits per heavy atom. The van der Waals surface area contributed by atoms with E-state index in [1.54, 1.807) is 5.32 Å². The van der Waals surface area contributed by atoms with Gasteiger partial charge in [0.2, 0.25) is 0 Å². The normalized spacial score (nSPS) is 18.9. The molecule has 1 atom stereocenters. The Morgan fingerprint density at radius 2 is 1.79 bits per heavy atom. The van der Waals surface area contributed by atoms with E-state index in [9.17, 15) is 22.8 Å². The van der Waals surface area contributed by atoms with Gasteiger partial charge in [-0.2, -0.15) is 13.2 Å². The van der Waals surface area contributed by atoms with Crippen molar-refractivity contribution >= 4 is 11.9 Å². The van der Waals surface area contributed by atoms with Gasteiger partial charge in [0.25, 0.3) is 0 Å². The van der Waals surface area contributed by atoms with Crippen LogP contribution in [0.5, 0.6) is 0 Å². The second kappa shape index (κ2) is 6.77. The number of amides is 1. The summed E-state index contributed by atoms with van der Waals surface area (Å²) in [5.41, 5.74) is 0. The fourth-order valence-corrected chi connectivity index (χ4v) is 2.56. The zero-order valence-corrected chi connectivity index (χ0v) is 10.5. The molecule has 0 saturated heterocycles. The van der Waals surface area contributed by atoms with Crippen LogP contribution >= 0.6 is 0 Å². The number of carbonyl (C=O) groups is 2. The summed E-state index contributed by atoms with van der Waals surface area (Å²) in [4.78, 5) is 21.5. The quantitative estimate of drug-likeness (QED) is 0.812. The Labute approximate surface area is 109 Å². The Kier molecular flexibility index (Phi) is 5.62. The highest BCUT2D eigenvalue weighted by molar-refractivity contribution is 5.81. The van der Waals surface area contributed by atoms with Gasteiger partial charge in [-0.25, -0.2) is 0 Å². The molecule has 0 bridgehead atoms. The van der Waals surface area contributed by atoms with Crippen molar-refractivity contribution in [1.29, 1.82) is 0 Å². The first-order valence-corrected chi connectivity index (χ1v) is 6.37. The van der Waals surface area contributed by atoms with Crippen molar-refractivity contribution < 1.29 is 27.9 Å². The van der Waals surface area contributed by atoms with E-state index >= 15 is 0 Å². The number of carboxylic acids is 1. The molecule has 0 spiro atoms. The lowest BCUT2D eigenvalue weighted by Gasteiger charge is -2.29. The van der Waals surface area contributed by atoms with E-state index in [-0.39, 0.29) is 18.9 Å². The molecule has 7 heteroatoms. The van der Waals surface area contributed by atoms with Crippen molar-refractivity contribution in [2.45, 2.75) is 44.7 Å². The predicted octanol–water partition coefficient (Wildman–Crippen LogP) is 2.34. The summed E-state index contributed by atoms with van der Waals surface area (Å²) in [5.74, 6) is -3.39. The molecule has 0 radical (unpaired) electrons. The molecule has 110 valence electrons. The third-order valence-electron chi connectivity index (χ3n) is 3.54. The highest BCUT2D eigenvalue weighted by atomic mass is 19.4. The van der Waals surface area contributed by atoms with Crippen LogP contribution in [0.1, 0.15) is 38.5 Å². The summed E-state index contributed by atoms with van der Waals surface area (Å²) in [5, 5.41) is 10.6. The molecule has 1 saturated carbocycles. The zero-order valence-electron chi connectivity index (χ0n) is 10.5. The minimum absolute atomic E-state index is 0.0818. The Balaban J connectivity index is 2.54.